The van der Waals surface area contributed by atoms with E-state index in [-0.39, 0.29) is 0 Å². The van der Waals surface area contributed by atoms with Crippen molar-refractivity contribution < 1.29 is 4.74 Å². The van der Waals surface area contributed by atoms with Gasteiger partial charge in [0, 0.05) is 36.3 Å². The van der Waals surface area contributed by atoms with Crippen molar-refractivity contribution in [2.75, 3.05) is 17.7 Å². The first-order valence-electron chi connectivity index (χ1n) is 9.28. The molecule has 2 aromatic carbocycles. The number of aromatic nitrogens is 3. The third-order valence-corrected chi connectivity index (χ3v) is 4.33. The molecule has 0 fully saturated rings. The van der Waals surface area contributed by atoms with Crippen LogP contribution in [0.5, 0.6) is 5.75 Å². The van der Waals surface area contributed by atoms with E-state index < -0.39 is 0 Å². The molecule has 4 aromatic rings. The minimum absolute atomic E-state index is 0.547. The molecule has 6 heteroatoms. The zero-order valence-corrected chi connectivity index (χ0v) is 16.0. The number of nitrogens with zero attached hydrogens (tertiary/aromatic N) is 3. The Balaban J connectivity index is 1.62. The molecule has 2 aromatic heterocycles. The molecule has 0 amide bonds. The summed E-state index contributed by atoms with van der Waals surface area (Å²) in [7, 11) is 1.65. The standard InChI is InChI=1S/C23H21N5O/c1-29-20-11-9-19(10-12-20)26-22-14-21(18-7-3-2-4-8-18)27-23(28-22)25-16-17-6-5-13-24-15-17/h2-15H,16H2,1H3,(H2,25,26,27,28). The Morgan fingerprint density at radius 1 is 0.897 bits per heavy atom. The van der Waals surface area contributed by atoms with Crippen molar-refractivity contribution in [3.63, 3.8) is 0 Å². The van der Waals surface area contributed by atoms with E-state index in [1.165, 1.54) is 0 Å². The molecular formula is C23H21N5O. The van der Waals surface area contributed by atoms with Gasteiger partial charge in [-0.3, -0.25) is 4.98 Å². The number of ether oxygens (including phenoxy) is 1. The Labute approximate surface area is 169 Å². The van der Waals surface area contributed by atoms with Crippen molar-refractivity contribution in [3.05, 3.63) is 90.8 Å². The Bertz CT molecular complexity index is 1050. The minimum atomic E-state index is 0.547. The van der Waals surface area contributed by atoms with Crippen molar-refractivity contribution in [2.45, 2.75) is 6.54 Å². The molecule has 0 bridgehead atoms. The lowest BCUT2D eigenvalue weighted by Gasteiger charge is -2.12. The van der Waals surface area contributed by atoms with Gasteiger partial charge in [0.2, 0.25) is 5.95 Å². The summed E-state index contributed by atoms with van der Waals surface area (Å²) in [5.41, 5.74) is 3.84. The molecule has 2 N–H and O–H groups in total. The Morgan fingerprint density at radius 3 is 2.45 bits per heavy atom. The second-order valence-electron chi connectivity index (χ2n) is 6.40. The molecule has 0 atom stereocenters. The molecule has 0 aliphatic carbocycles. The predicted molar refractivity (Wildman–Crippen MR) is 115 cm³/mol. The Kier molecular flexibility index (Phi) is 5.62. The highest BCUT2D eigenvalue weighted by atomic mass is 16.5. The molecule has 2 heterocycles. The average molecular weight is 383 g/mol. The molecule has 0 radical (unpaired) electrons. The van der Waals surface area contributed by atoms with Crippen molar-refractivity contribution in [1.29, 1.82) is 0 Å². The number of hydrogen-bond donors (Lipinski definition) is 2. The summed E-state index contributed by atoms with van der Waals surface area (Å²) < 4.78 is 5.22. The summed E-state index contributed by atoms with van der Waals surface area (Å²) in [4.78, 5) is 13.5. The molecule has 0 saturated carbocycles. The highest BCUT2D eigenvalue weighted by Crippen LogP contribution is 2.24. The van der Waals surface area contributed by atoms with E-state index in [0.29, 0.717) is 18.3 Å². The van der Waals surface area contributed by atoms with Gasteiger partial charge in [-0.1, -0.05) is 36.4 Å². The number of nitrogens with one attached hydrogen (secondary N) is 2. The van der Waals surface area contributed by atoms with Crippen LogP contribution in [-0.2, 0) is 6.54 Å². The van der Waals surface area contributed by atoms with Gasteiger partial charge in [0.15, 0.2) is 0 Å². The number of rotatable bonds is 7. The smallest absolute Gasteiger partial charge is 0.225 e. The van der Waals surface area contributed by atoms with Gasteiger partial charge >= 0.3 is 0 Å². The molecule has 0 aliphatic heterocycles. The lowest BCUT2D eigenvalue weighted by atomic mass is 10.1. The second-order valence-corrected chi connectivity index (χ2v) is 6.40. The normalized spacial score (nSPS) is 10.4. The third-order valence-electron chi connectivity index (χ3n) is 4.33. The molecule has 29 heavy (non-hydrogen) atoms. The first kappa shape index (κ1) is 18.4. The monoisotopic (exact) mass is 383 g/mol. The fourth-order valence-corrected chi connectivity index (χ4v) is 2.85. The molecule has 0 aliphatic rings. The van der Waals surface area contributed by atoms with Gasteiger partial charge in [-0.25, -0.2) is 4.98 Å². The lowest BCUT2D eigenvalue weighted by Crippen LogP contribution is -2.06. The number of anilines is 3. The zero-order valence-electron chi connectivity index (χ0n) is 16.0. The van der Waals surface area contributed by atoms with Gasteiger partial charge in [-0.2, -0.15) is 4.98 Å². The van der Waals surface area contributed by atoms with Crippen LogP contribution >= 0.6 is 0 Å². The van der Waals surface area contributed by atoms with Gasteiger partial charge < -0.3 is 15.4 Å². The van der Waals surface area contributed by atoms with Gasteiger partial charge in [0.05, 0.1) is 12.8 Å². The van der Waals surface area contributed by atoms with Crippen molar-refractivity contribution >= 4 is 17.5 Å². The van der Waals surface area contributed by atoms with E-state index in [4.69, 9.17) is 4.74 Å². The number of hydrogen-bond acceptors (Lipinski definition) is 6. The number of pyridine rings is 1. The summed E-state index contributed by atoms with van der Waals surface area (Å²) in [6.45, 7) is 0.591. The third kappa shape index (κ3) is 4.87. The van der Waals surface area contributed by atoms with Crippen LogP contribution in [0.4, 0.5) is 17.5 Å². The van der Waals surface area contributed by atoms with E-state index in [9.17, 15) is 0 Å². The maximum atomic E-state index is 5.22. The Hall–Kier alpha value is -3.93. The zero-order chi connectivity index (χ0) is 19.9. The first-order valence-corrected chi connectivity index (χ1v) is 9.28. The fourth-order valence-electron chi connectivity index (χ4n) is 2.85. The van der Waals surface area contributed by atoms with E-state index in [1.807, 2.05) is 79.0 Å². The van der Waals surface area contributed by atoms with Crippen LogP contribution in [0.1, 0.15) is 5.56 Å². The summed E-state index contributed by atoms with van der Waals surface area (Å²) >= 11 is 0. The van der Waals surface area contributed by atoms with Crippen molar-refractivity contribution in [1.82, 2.24) is 15.0 Å². The highest BCUT2D eigenvalue weighted by Gasteiger charge is 2.08. The molecule has 0 saturated heterocycles. The van der Waals surface area contributed by atoms with Gasteiger partial charge in [-0.15, -0.1) is 0 Å². The van der Waals surface area contributed by atoms with E-state index in [0.717, 1.165) is 28.3 Å². The van der Waals surface area contributed by atoms with Crippen LogP contribution in [0.2, 0.25) is 0 Å². The quantitative estimate of drug-likeness (QED) is 0.473. The van der Waals surface area contributed by atoms with Gasteiger partial charge in [0.25, 0.3) is 0 Å². The van der Waals surface area contributed by atoms with Gasteiger partial charge in [-0.05, 0) is 35.9 Å². The molecular weight excluding hydrogens is 362 g/mol. The van der Waals surface area contributed by atoms with Crippen LogP contribution in [-0.4, -0.2) is 22.1 Å². The molecule has 0 unspecified atom stereocenters. The summed E-state index contributed by atoms with van der Waals surface area (Å²) in [5, 5.41) is 6.64. The minimum Gasteiger partial charge on any atom is -0.497 e. The largest absolute Gasteiger partial charge is 0.497 e. The maximum absolute atomic E-state index is 5.22. The lowest BCUT2D eigenvalue weighted by molar-refractivity contribution is 0.415. The maximum Gasteiger partial charge on any atom is 0.225 e. The van der Waals surface area contributed by atoms with Crippen LogP contribution in [0.3, 0.4) is 0 Å². The summed E-state index contributed by atoms with van der Waals surface area (Å²) in [6, 6.07) is 23.6. The van der Waals surface area contributed by atoms with E-state index in [1.54, 1.807) is 13.3 Å². The molecule has 0 spiro atoms. The van der Waals surface area contributed by atoms with Crippen LogP contribution in [0, 0.1) is 0 Å². The van der Waals surface area contributed by atoms with Crippen molar-refractivity contribution in [3.8, 4) is 17.0 Å². The summed E-state index contributed by atoms with van der Waals surface area (Å²) in [5.74, 6) is 2.06. The van der Waals surface area contributed by atoms with Crippen LogP contribution in [0.15, 0.2) is 85.2 Å². The van der Waals surface area contributed by atoms with Crippen LogP contribution < -0.4 is 15.4 Å². The molecule has 4 rings (SSSR count). The van der Waals surface area contributed by atoms with Crippen molar-refractivity contribution in [2.24, 2.45) is 0 Å². The first-order chi connectivity index (χ1) is 14.3. The van der Waals surface area contributed by atoms with E-state index >= 15 is 0 Å². The fraction of sp³-hybridized carbons (Fsp3) is 0.0870. The molecule has 144 valence electrons. The average Bonchev–Trinajstić information content (AvgIpc) is 2.79. The summed E-state index contributed by atoms with van der Waals surface area (Å²) in [6.07, 6.45) is 3.58. The number of methoxy groups -OCH3 is 1. The SMILES string of the molecule is COc1ccc(Nc2cc(-c3ccccc3)nc(NCc3cccnc3)n2)cc1. The van der Waals surface area contributed by atoms with Gasteiger partial charge in [0.1, 0.15) is 11.6 Å². The highest BCUT2D eigenvalue weighted by molar-refractivity contribution is 5.67. The second kappa shape index (κ2) is 8.84. The predicted octanol–water partition coefficient (Wildman–Crippen LogP) is 4.90. The van der Waals surface area contributed by atoms with E-state index in [2.05, 4.69) is 25.6 Å². The van der Waals surface area contributed by atoms with Crippen LogP contribution in [0.25, 0.3) is 11.3 Å². The Morgan fingerprint density at radius 2 is 1.72 bits per heavy atom. The number of benzene rings is 2. The molecule has 6 nitrogen and oxygen atoms in total. The topological polar surface area (TPSA) is 72.0 Å².